The van der Waals surface area contributed by atoms with Gasteiger partial charge in [-0.15, -0.1) is 0 Å². The molecule has 0 spiro atoms. The lowest BCUT2D eigenvalue weighted by Crippen LogP contribution is -2.23. The molecular weight excluding hydrogens is 377 g/mol. The number of hydrogen-bond donors (Lipinski definition) is 1. The molecule has 154 valence electrons. The van der Waals surface area contributed by atoms with Crippen LogP contribution < -0.4 is 9.64 Å². The third kappa shape index (κ3) is 4.35. The van der Waals surface area contributed by atoms with Crippen LogP contribution in [0.2, 0.25) is 0 Å². The van der Waals surface area contributed by atoms with Crippen molar-refractivity contribution in [2.45, 2.75) is 20.0 Å². The number of likely N-dealkylation sites (N-methyl/N-ethyl adjacent to an activating group) is 1. The number of carboxylic acid groups (broad SMARTS) is 1. The molecule has 0 aliphatic rings. The van der Waals surface area contributed by atoms with Crippen LogP contribution in [0.15, 0.2) is 40.8 Å². The Kier molecular flexibility index (Phi) is 6.08. The second kappa shape index (κ2) is 8.53. The summed E-state index contributed by atoms with van der Waals surface area (Å²) < 4.78 is 30.3. The zero-order valence-corrected chi connectivity index (χ0v) is 16.9. The number of halogens is 1. The number of benzene rings is 2. The van der Waals surface area contributed by atoms with Crippen molar-refractivity contribution in [2.75, 3.05) is 32.2 Å². The zero-order valence-electron chi connectivity index (χ0n) is 16.9. The highest BCUT2D eigenvalue weighted by Gasteiger charge is 2.24. The maximum absolute atomic E-state index is 13.3. The van der Waals surface area contributed by atoms with Crippen molar-refractivity contribution < 1.29 is 28.2 Å². The first kappa shape index (κ1) is 20.7. The van der Waals surface area contributed by atoms with E-state index in [1.165, 1.54) is 24.3 Å². The van der Waals surface area contributed by atoms with Crippen molar-refractivity contribution in [3.63, 3.8) is 0 Å². The minimum absolute atomic E-state index is 0.0197. The Hall–Kier alpha value is -3.06. The summed E-state index contributed by atoms with van der Waals surface area (Å²) in [4.78, 5) is 14.0. The molecule has 1 N–H and O–H groups in total. The summed E-state index contributed by atoms with van der Waals surface area (Å²) in [5.41, 5.74) is 1.68. The van der Waals surface area contributed by atoms with E-state index in [0.717, 1.165) is 5.69 Å². The molecule has 0 amide bonds. The maximum atomic E-state index is 13.3. The van der Waals surface area contributed by atoms with Gasteiger partial charge in [0.05, 0.1) is 18.4 Å². The highest BCUT2D eigenvalue weighted by Crippen LogP contribution is 2.40. The van der Waals surface area contributed by atoms with Gasteiger partial charge in [-0.25, -0.2) is 9.18 Å². The van der Waals surface area contributed by atoms with Gasteiger partial charge in [0.2, 0.25) is 0 Å². The van der Waals surface area contributed by atoms with Crippen LogP contribution in [0, 0.1) is 5.82 Å². The summed E-state index contributed by atoms with van der Waals surface area (Å²) in [7, 11) is 3.53. The third-order valence-electron chi connectivity index (χ3n) is 4.49. The molecule has 0 radical (unpaired) electrons. The summed E-state index contributed by atoms with van der Waals surface area (Å²) in [6, 6.07) is 8.99. The van der Waals surface area contributed by atoms with Crippen LogP contribution in [0.5, 0.6) is 5.75 Å². The van der Waals surface area contributed by atoms with Gasteiger partial charge in [-0.3, -0.25) is 0 Å². The third-order valence-corrected chi connectivity index (χ3v) is 4.49. The van der Waals surface area contributed by atoms with Gasteiger partial charge in [0.25, 0.3) is 0 Å². The molecule has 1 heterocycles. The van der Waals surface area contributed by atoms with Crippen molar-refractivity contribution in [1.29, 1.82) is 0 Å². The SMILES string of the molecule is COCCN(C)c1cc2oc(-c3ccc(F)cc3)c(C(=O)O)c2cc1OC(C)C. The molecule has 6 nitrogen and oxygen atoms in total. The molecule has 0 bridgehead atoms. The van der Waals surface area contributed by atoms with E-state index < -0.39 is 11.8 Å². The number of methoxy groups -OCH3 is 1. The fourth-order valence-corrected chi connectivity index (χ4v) is 3.12. The van der Waals surface area contributed by atoms with Crippen LogP contribution in [0.4, 0.5) is 10.1 Å². The molecule has 0 fully saturated rings. The molecule has 1 aromatic heterocycles. The Bertz CT molecular complexity index is 1010. The van der Waals surface area contributed by atoms with E-state index in [1.807, 2.05) is 25.8 Å². The highest BCUT2D eigenvalue weighted by molar-refractivity contribution is 6.09. The first-order valence-electron chi connectivity index (χ1n) is 9.28. The molecule has 0 aliphatic carbocycles. The van der Waals surface area contributed by atoms with Gasteiger partial charge in [-0.05, 0) is 44.2 Å². The van der Waals surface area contributed by atoms with Crippen LogP contribution >= 0.6 is 0 Å². The number of hydrogen-bond acceptors (Lipinski definition) is 5. The van der Waals surface area contributed by atoms with E-state index in [9.17, 15) is 14.3 Å². The van der Waals surface area contributed by atoms with Gasteiger partial charge >= 0.3 is 5.97 Å². The standard InChI is InChI=1S/C22H24FNO5/c1-13(2)28-19-11-16-18(12-17(19)24(3)9-10-27-4)29-21(20(16)22(25)26)14-5-7-15(23)8-6-14/h5-8,11-13H,9-10H2,1-4H3,(H,25,26). The molecule has 7 heteroatoms. The number of aromatic carboxylic acids is 1. The Morgan fingerprint density at radius 1 is 1.24 bits per heavy atom. The van der Waals surface area contributed by atoms with Crippen molar-refractivity contribution >= 4 is 22.6 Å². The highest BCUT2D eigenvalue weighted by atomic mass is 19.1. The van der Waals surface area contributed by atoms with Gasteiger partial charge in [0.15, 0.2) is 0 Å². The monoisotopic (exact) mass is 401 g/mol. The number of nitrogens with zero attached hydrogens (tertiary/aromatic N) is 1. The number of anilines is 1. The number of fused-ring (bicyclic) bond motifs is 1. The quantitative estimate of drug-likeness (QED) is 0.584. The topological polar surface area (TPSA) is 72.1 Å². The number of carboxylic acids is 1. The molecule has 0 unspecified atom stereocenters. The van der Waals surface area contributed by atoms with Crippen molar-refractivity contribution in [3.8, 4) is 17.1 Å². The van der Waals surface area contributed by atoms with Crippen molar-refractivity contribution in [3.05, 3.63) is 47.8 Å². The minimum Gasteiger partial charge on any atom is -0.489 e. The summed E-state index contributed by atoms with van der Waals surface area (Å²) in [6.45, 7) is 4.95. The average molecular weight is 401 g/mol. The van der Waals surface area contributed by atoms with Crippen molar-refractivity contribution in [1.82, 2.24) is 0 Å². The van der Waals surface area contributed by atoms with Crippen LogP contribution in [0.1, 0.15) is 24.2 Å². The molecule has 0 saturated carbocycles. The molecule has 3 rings (SSSR count). The fourth-order valence-electron chi connectivity index (χ4n) is 3.12. The second-order valence-corrected chi connectivity index (χ2v) is 7.02. The molecule has 0 aliphatic heterocycles. The van der Waals surface area contributed by atoms with E-state index in [4.69, 9.17) is 13.9 Å². The van der Waals surface area contributed by atoms with E-state index in [0.29, 0.717) is 35.4 Å². The van der Waals surface area contributed by atoms with E-state index in [-0.39, 0.29) is 17.4 Å². The zero-order chi connectivity index (χ0) is 21.1. The van der Waals surface area contributed by atoms with Crippen LogP contribution in [0.3, 0.4) is 0 Å². The van der Waals surface area contributed by atoms with E-state index in [2.05, 4.69) is 0 Å². The first-order valence-corrected chi connectivity index (χ1v) is 9.28. The lowest BCUT2D eigenvalue weighted by Gasteiger charge is -2.23. The minimum atomic E-state index is -1.13. The molecule has 3 aromatic rings. The Morgan fingerprint density at radius 3 is 2.52 bits per heavy atom. The first-order chi connectivity index (χ1) is 13.8. The lowest BCUT2D eigenvalue weighted by molar-refractivity contribution is 0.0699. The molecule has 29 heavy (non-hydrogen) atoms. The number of rotatable bonds is 8. The smallest absolute Gasteiger partial charge is 0.340 e. The Balaban J connectivity index is 2.21. The number of carbonyl (C=O) groups is 1. The predicted molar refractivity (Wildman–Crippen MR) is 109 cm³/mol. The second-order valence-electron chi connectivity index (χ2n) is 7.02. The predicted octanol–water partition coefficient (Wildman–Crippen LogP) is 4.81. The Labute approximate surface area is 168 Å². The van der Waals surface area contributed by atoms with Crippen LogP contribution in [-0.2, 0) is 4.74 Å². The van der Waals surface area contributed by atoms with E-state index in [1.54, 1.807) is 19.2 Å². The summed E-state index contributed by atoms with van der Waals surface area (Å²) in [5.74, 6) is -0.796. The fraction of sp³-hybridized carbons (Fsp3) is 0.318. The van der Waals surface area contributed by atoms with Crippen LogP contribution in [-0.4, -0.2) is 44.5 Å². The molecule has 0 saturated heterocycles. The van der Waals surface area contributed by atoms with Gasteiger partial charge in [0, 0.05) is 37.7 Å². The van der Waals surface area contributed by atoms with Gasteiger partial charge in [-0.2, -0.15) is 0 Å². The molecular formula is C22H24FNO5. The van der Waals surface area contributed by atoms with Gasteiger partial charge in [-0.1, -0.05) is 0 Å². The van der Waals surface area contributed by atoms with Gasteiger partial charge < -0.3 is 23.9 Å². The summed E-state index contributed by atoms with van der Waals surface area (Å²) >= 11 is 0. The van der Waals surface area contributed by atoms with Gasteiger partial charge in [0.1, 0.15) is 28.5 Å². The largest absolute Gasteiger partial charge is 0.489 e. The summed E-state index contributed by atoms with van der Waals surface area (Å²) in [6.07, 6.45) is -0.0984. The van der Waals surface area contributed by atoms with Crippen LogP contribution in [0.25, 0.3) is 22.3 Å². The number of ether oxygens (including phenoxy) is 2. The number of furan rings is 1. The normalized spacial score (nSPS) is 11.2. The average Bonchev–Trinajstić information content (AvgIpc) is 3.04. The Morgan fingerprint density at radius 2 is 1.93 bits per heavy atom. The van der Waals surface area contributed by atoms with Crippen molar-refractivity contribution in [2.24, 2.45) is 0 Å². The maximum Gasteiger partial charge on any atom is 0.340 e. The summed E-state index contributed by atoms with van der Waals surface area (Å²) in [5, 5.41) is 10.3. The lowest BCUT2D eigenvalue weighted by atomic mass is 10.0. The molecule has 2 aromatic carbocycles. The molecule has 0 atom stereocenters. The van der Waals surface area contributed by atoms with E-state index >= 15 is 0 Å².